The van der Waals surface area contributed by atoms with E-state index in [1.807, 2.05) is 11.3 Å². The molecule has 0 aliphatic carbocycles. The van der Waals surface area contributed by atoms with Gasteiger partial charge in [-0.15, -0.1) is 11.3 Å². The van der Waals surface area contributed by atoms with Gasteiger partial charge in [0, 0.05) is 9.75 Å². The van der Waals surface area contributed by atoms with Crippen molar-refractivity contribution in [2.75, 3.05) is 0 Å². The van der Waals surface area contributed by atoms with Crippen molar-refractivity contribution in [3.8, 4) is 10.4 Å². The zero-order valence-electron chi connectivity index (χ0n) is 10.2. The lowest BCUT2D eigenvalue weighted by molar-refractivity contribution is 0.654. The fraction of sp³-hybridized carbons (Fsp3) is 0.333. The van der Waals surface area contributed by atoms with E-state index in [0.717, 1.165) is 5.92 Å². The van der Waals surface area contributed by atoms with E-state index in [2.05, 4.69) is 57.2 Å². The number of hydrogen-bond donors (Lipinski definition) is 0. The summed E-state index contributed by atoms with van der Waals surface area (Å²) < 4.78 is 0. The molecular formula is C15H18S. The van der Waals surface area contributed by atoms with Gasteiger partial charge in [0.1, 0.15) is 0 Å². The molecule has 2 rings (SSSR count). The van der Waals surface area contributed by atoms with Crippen LogP contribution in [0.5, 0.6) is 0 Å². The molecular weight excluding hydrogens is 212 g/mol. The first kappa shape index (κ1) is 11.4. The lowest BCUT2D eigenvalue weighted by Gasteiger charge is -2.01. The second-order valence-corrected chi connectivity index (χ2v) is 5.90. The molecule has 1 aromatic carbocycles. The zero-order chi connectivity index (χ0) is 11.5. The molecule has 0 aliphatic heterocycles. The average molecular weight is 230 g/mol. The lowest BCUT2D eigenvalue weighted by atomic mass is 10.1. The third-order valence-electron chi connectivity index (χ3n) is 2.57. The van der Waals surface area contributed by atoms with Crippen LogP contribution in [0, 0.1) is 12.8 Å². The van der Waals surface area contributed by atoms with E-state index in [9.17, 15) is 0 Å². The Morgan fingerprint density at radius 3 is 2.62 bits per heavy atom. The predicted molar refractivity (Wildman–Crippen MR) is 73.0 cm³/mol. The summed E-state index contributed by atoms with van der Waals surface area (Å²) in [4.78, 5) is 2.88. The van der Waals surface area contributed by atoms with Crippen molar-refractivity contribution in [3.05, 3.63) is 46.8 Å². The average Bonchev–Trinajstić information content (AvgIpc) is 2.65. The largest absolute Gasteiger partial charge is 0.140 e. The van der Waals surface area contributed by atoms with Crippen molar-refractivity contribution in [1.82, 2.24) is 0 Å². The van der Waals surface area contributed by atoms with Crippen molar-refractivity contribution in [3.63, 3.8) is 0 Å². The summed E-state index contributed by atoms with van der Waals surface area (Å²) in [5.74, 6) is 0.740. The number of hydrogen-bond acceptors (Lipinski definition) is 1. The molecule has 0 spiro atoms. The molecule has 0 N–H and O–H groups in total. The van der Waals surface area contributed by atoms with Crippen LogP contribution in [0.4, 0.5) is 0 Å². The number of rotatable bonds is 3. The molecule has 84 valence electrons. The molecule has 0 bridgehead atoms. The van der Waals surface area contributed by atoms with Gasteiger partial charge in [-0.3, -0.25) is 0 Å². The predicted octanol–water partition coefficient (Wildman–Crippen LogP) is 4.92. The molecule has 0 nitrogen and oxygen atoms in total. The van der Waals surface area contributed by atoms with Crippen LogP contribution >= 0.6 is 11.3 Å². The maximum Gasteiger partial charge on any atom is 0.0345 e. The molecule has 0 saturated carbocycles. The van der Waals surface area contributed by atoms with E-state index >= 15 is 0 Å². The number of thiophene rings is 1. The summed E-state index contributed by atoms with van der Waals surface area (Å²) in [6, 6.07) is 13.2. The summed E-state index contributed by atoms with van der Waals surface area (Å²) in [6.45, 7) is 6.68. The lowest BCUT2D eigenvalue weighted by Crippen LogP contribution is -1.89. The van der Waals surface area contributed by atoms with Crippen LogP contribution in [0.25, 0.3) is 10.4 Å². The first-order valence-electron chi connectivity index (χ1n) is 5.81. The van der Waals surface area contributed by atoms with Gasteiger partial charge < -0.3 is 0 Å². The van der Waals surface area contributed by atoms with Crippen LogP contribution in [0.1, 0.15) is 24.3 Å². The highest BCUT2D eigenvalue weighted by Gasteiger charge is 2.04. The van der Waals surface area contributed by atoms with Crippen molar-refractivity contribution >= 4 is 11.3 Å². The molecule has 0 fully saturated rings. The topological polar surface area (TPSA) is 0 Å². The molecule has 16 heavy (non-hydrogen) atoms. The van der Waals surface area contributed by atoms with Gasteiger partial charge in [-0.2, -0.15) is 0 Å². The van der Waals surface area contributed by atoms with Gasteiger partial charge in [0.05, 0.1) is 0 Å². The molecule has 0 unspecified atom stereocenters. The first-order chi connectivity index (χ1) is 7.65. The smallest absolute Gasteiger partial charge is 0.0345 e. The fourth-order valence-corrected chi connectivity index (χ4v) is 3.06. The minimum absolute atomic E-state index is 0.740. The van der Waals surface area contributed by atoms with Crippen LogP contribution in [0.2, 0.25) is 0 Å². The molecule has 1 aromatic heterocycles. The monoisotopic (exact) mass is 230 g/mol. The van der Waals surface area contributed by atoms with E-state index in [1.54, 1.807) is 0 Å². The van der Waals surface area contributed by atoms with Crippen LogP contribution in [0.15, 0.2) is 36.4 Å². The SMILES string of the molecule is Cc1cccc(-c2ccc(CC(C)C)s2)c1. The Bertz CT molecular complexity index is 466. The minimum atomic E-state index is 0.740. The Morgan fingerprint density at radius 2 is 1.94 bits per heavy atom. The molecule has 0 saturated heterocycles. The maximum atomic E-state index is 2.27. The summed E-state index contributed by atoms with van der Waals surface area (Å²) >= 11 is 1.92. The standard InChI is InChI=1S/C15H18S/c1-11(2)9-14-7-8-15(16-14)13-6-4-5-12(3)10-13/h4-8,10-11H,9H2,1-3H3. The third kappa shape index (κ3) is 2.73. The zero-order valence-corrected chi connectivity index (χ0v) is 11.0. The molecule has 2 aromatic rings. The Kier molecular flexibility index (Phi) is 3.45. The van der Waals surface area contributed by atoms with Crippen LogP contribution < -0.4 is 0 Å². The van der Waals surface area contributed by atoms with Gasteiger partial charge >= 0.3 is 0 Å². The fourth-order valence-electron chi connectivity index (χ4n) is 1.84. The van der Waals surface area contributed by atoms with Gasteiger partial charge in [0.15, 0.2) is 0 Å². The maximum absolute atomic E-state index is 2.27. The van der Waals surface area contributed by atoms with E-state index < -0.39 is 0 Å². The van der Waals surface area contributed by atoms with Crippen molar-refractivity contribution in [2.24, 2.45) is 5.92 Å². The molecule has 0 aliphatic rings. The van der Waals surface area contributed by atoms with Crippen molar-refractivity contribution < 1.29 is 0 Å². The molecule has 0 atom stereocenters. The highest BCUT2D eigenvalue weighted by molar-refractivity contribution is 7.15. The first-order valence-corrected chi connectivity index (χ1v) is 6.62. The molecule has 1 heterocycles. The molecule has 0 amide bonds. The Balaban J connectivity index is 2.24. The minimum Gasteiger partial charge on any atom is -0.140 e. The van der Waals surface area contributed by atoms with Crippen molar-refractivity contribution in [2.45, 2.75) is 27.2 Å². The summed E-state index contributed by atoms with van der Waals surface area (Å²) in [5.41, 5.74) is 2.68. The van der Waals surface area contributed by atoms with Crippen molar-refractivity contribution in [1.29, 1.82) is 0 Å². The van der Waals surface area contributed by atoms with Gasteiger partial charge in [0.2, 0.25) is 0 Å². The summed E-state index contributed by atoms with van der Waals surface area (Å²) in [7, 11) is 0. The van der Waals surface area contributed by atoms with Crippen LogP contribution in [0.3, 0.4) is 0 Å². The Hall–Kier alpha value is -1.08. The molecule has 1 heteroatoms. The second kappa shape index (κ2) is 4.84. The van der Waals surface area contributed by atoms with E-state index in [1.165, 1.54) is 27.3 Å². The van der Waals surface area contributed by atoms with Crippen LogP contribution in [-0.4, -0.2) is 0 Å². The van der Waals surface area contributed by atoms with E-state index in [4.69, 9.17) is 0 Å². The summed E-state index contributed by atoms with van der Waals surface area (Å²) in [5, 5.41) is 0. The van der Waals surface area contributed by atoms with Gasteiger partial charge in [0.25, 0.3) is 0 Å². The van der Waals surface area contributed by atoms with E-state index in [0.29, 0.717) is 0 Å². The number of aryl methyl sites for hydroxylation is 1. The van der Waals surface area contributed by atoms with E-state index in [-0.39, 0.29) is 0 Å². The molecule has 0 radical (unpaired) electrons. The van der Waals surface area contributed by atoms with Gasteiger partial charge in [-0.1, -0.05) is 43.7 Å². The normalized spacial score (nSPS) is 11.0. The third-order valence-corrected chi connectivity index (χ3v) is 3.73. The Labute approximate surface area is 102 Å². The second-order valence-electron chi connectivity index (χ2n) is 4.73. The number of benzene rings is 1. The highest BCUT2D eigenvalue weighted by Crippen LogP contribution is 2.29. The quantitative estimate of drug-likeness (QED) is 0.702. The highest BCUT2D eigenvalue weighted by atomic mass is 32.1. The Morgan fingerprint density at radius 1 is 1.12 bits per heavy atom. The summed E-state index contributed by atoms with van der Waals surface area (Å²) in [6.07, 6.45) is 1.19. The van der Waals surface area contributed by atoms with Crippen LogP contribution in [-0.2, 0) is 6.42 Å². The van der Waals surface area contributed by atoms with Gasteiger partial charge in [-0.25, -0.2) is 0 Å². The van der Waals surface area contributed by atoms with Gasteiger partial charge in [-0.05, 0) is 37.0 Å².